The third-order valence-corrected chi connectivity index (χ3v) is 6.74. The number of halogens is 2. The highest BCUT2D eigenvalue weighted by atomic mass is 127. The summed E-state index contributed by atoms with van der Waals surface area (Å²) in [6.45, 7) is 0. The molecule has 4 nitrogen and oxygen atoms in total. The number of anilines is 2. The molecular weight excluding hydrogens is 626 g/mol. The van der Waals surface area contributed by atoms with Crippen molar-refractivity contribution >= 4 is 68.4 Å². The lowest BCUT2D eigenvalue weighted by molar-refractivity contribution is 0.101. The monoisotopic (exact) mass is 644 g/mol. The summed E-state index contributed by atoms with van der Waals surface area (Å²) in [6.07, 6.45) is 0. The summed E-state index contributed by atoms with van der Waals surface area (Å²) in [7, 11) is 0. The van der Waals surface area contributed by atoms with E-state index in [1.54, 1.807) is 0 Å². The Balaban J connectivity index is 1.42. The molecule has 0 fully saturated rings. The minimum Gasteiger partial charge on any atom is -0.322 e. The first-order chi connectivity index (χ1) is 15.5. The molecule has 32 heavy (non-hydrogen) atoms. The summed E-state index contributed by atoms with van der Waals surface area (Å²) in [4.78, 5) is 25.0. The second-order valence-corrected chi connectivity index (χ2v) is 9.35. The first-order valence-corrected chi connectivity index (χ1v) is 12.0. The zero-order chi connectivity index (χ0) is 22.5. The van der Waals surface area contributed by atoms with Crippen LogP contribution in [0.15, 0.2) is 97.1 Å². The van der Waals surface area contributed by atoms with E-state index in [4.69, 9.17) is 0 Å². The molecule has 2 amide bonds. The molecular formula is C26H18I2N2O2. The average molecular weight is 644 g/mol. The van der Waals surface area contributed by atoms with Gasteiger partial charge in [0.15, 0.2) is 0 Å². The maximum absolute atomic E-state index is 12.5. The van der Waals surface area contributed by atoms with Crippen molar-refractivity contribution in [1.82, 2.24) is 0 Å². The first-order valence-electron chi connectivity index (χ1n) is 9.83. The molecule has 0 radical (unpaired) electrons. The Labute approximate surface area is 213 Å². The van der Waals surface area contributed by atoms with Crippen molar-refractivity contribution in [3.05, 3.63) is 115 Å². The Hall–Kier alpha value is -2.72. The lowest BCUT2D eigenvalue weighted by Crippen LogP contribution is -2.13. The van der Waals surface area contributed by atoms with Crippen molar-refractivity contribution in [2.45, 2.75) is 0 Å². The summed E-state index contributed by atoms with van der Waals surface area (Å²) in [6, 6.07) is 30.4. The Morgan fingerprint density at radius 3 is 1.19 bits per heavy atom. The van der Waals surface area contributed by atoms with Gasteiger partial charge in [-0.05, 0) is 105 Å². The fraction of sp³-hybridized carbons (Fsp3) is 0. The number of hydrogen-bond acceptors (Lipinski definition) is 2. The van der Waals surface area contributed by atoms with Gasteiger partial charge in [0.1, 0.15) is 0 Å². The second-order valence-electron chi connectivity index (χ2n) is 7.02. The molecule has 4 aromatic rings. The zero-order valence-corrected chi connectivity index (χ0v) is 21.1. The Bertz CT molecular complexity index is 1170. The van der Waals surface area contributed by atoms with Crippen molar-refractivity contribution < 1.29 is 9.59 Å². The molecule has 0 heterocycles. The number of nitrogens with one attached hydrogen (secondary N) is 2. The van der Waals surface area contributed by atoms with Crippen LogP contribution in [0.1, 0.15) is 20.7 Å². The predicted octanol–water partition coefficient (Wildman–Crippen LogP) is 7.07. The third kappa shape index (κ3) is 5.36. The van der Waals surface area contributed by atoms with E-state index in [-0.39, 0.29) is 11.8 Å². The summed E-state index contributed by atoms with van der Waals surface area (Å²) < 4.78 is 1.82. The number of amides is 2. The van der Waals surface area contributed by atoms with Crippen LogP contribution in [-0.2, 0) is 0 Å². The lowest BCUT2D eigenvalue weighted by atomic mass is 10.0. The van der Waals surface area contributed by atoms with Crippen LogP contribution >= 0.6 is 45.2 Å². The standard InChI is InChI=1S/C26H18I2N2O2/c27-23-7-3-1-5-21(23)25(31)29-19-13-9-17(10-14-19)18-11-15-20(16-12-18)30-26(32)22-6-2-4-8-24(22)28/h1-16H,(H,29,31)(H,30,32). The van der Waals surface area contributed by atoms with E-state index in [1.807, 2.05) is 97.1 Å². The van der Waals surface area contributed by atoms with E-state index < -0.39 is 0 Å². The first kappa shape index (κ1) is 22.5. The number of benzene rings is 4. The molecule has 4 aromatic carbocycles. The van der Waals surface area contributed by atoms with Crippen LogP contribution in [0.25, 0.3) is 11.1 Å². The molecule has 0 bridgehead atoms. The Kier molecular flexibility index (Phi) is 7.21. The van der Waals surface area contributed by atoms with Crippen molar-refractivity contribution in [3.8, 4) is 11.1 Å². The Morgan fingerprint density at radius 1 is 0.500 bits per heavy atom. The fourth-order valence-electron chi connectivity index (χ4n) is 3.18. The summed E-state index contributed by atoms with van der Waals surface area (Å²) in [5.41, 5.74) is 4.82. The van der Waals surface area contributed by atoms with Gasteiger partial charge < -0.3 is 10.6 Å². The summed E-state index contributed by atoms with van der Waals surface area (Å²) >= 11 is 4.32. The van der Waals surface area contributed by atoms with E-state index in [0.717, 1.165) is 29.6 Å². The van der Waals surface area contributed by atoms with Gasteiger partial charge in [-0.25, -0.2) is 0 Å². The van der Waals surface area contributed by atoms with Crippen LogP contribution in [0.2, 0.25) is 0 Å². The fourth-order valence-corrected chi connectivity index (χ4v) is 4.44. The molecule has 0 aliphatic carbocycles. The Morgan fingerprint density at radius 2 is 0.844 bits per heavy atom. The topological polar surface area (TPSA) is 58.2 Å². The van der Waals surface area contributed by atoms with Gasteiger partial charge in [-0.1, -0.05) is 48.5 Å². The molecule has 6 heteroatoms. The van der Waals surface area contributed by atoms with Gasteiger partial charge in [0, 0.05) is 18.5 Å². The number of carbonyl (C=O) groups excluding carboxylic acids is 2. The van der Waals surface area contributed by atoms with Gasteiger partial charge >= 0.3 is 0 Å². The van der Waals surface area contributed by atoms with Gasteiger partial charge in [0.25, 0.3) is 11.8 Å². The summed E-state index contributed by atoms with van der Waals surface area (Å²) in [5, 5.41) is 5.87. The van der Waals surface area contributed by atoms with E-state index in [2.05, 4.69) is 55.8 Å². The molecule has 4 rings (SSSR count). The van der Waals surface area contributed by atoms with Gasteiger partial charge in [-0.3, -0.25) is 9.59 Å². The molecule has 0 saturated heterocycles. The highest BCUT2D eigenvalue weighted by molar-refractivity contribution is 14.1. The van der Waals surface area contributed by atoms with Crippen LogP contribution in [0.3, 0.4) is 0 Å². The van der Waals surface area contributed by atoms with E-state index in [9.17, 15) is 9.59 Å². The molecule has 2 N–H and O–H groups in total. The maximum Gasteiger partial charge on any atom is 0.256 e. The number of hydrogen-bond donors (Lipinski definition) is 2. The van der Waals surface area contributed by atoms with Crippen molar-refractivity contribution in [3.63, 3.8) is 0 Å². The highest BCUT2D eigenvalue weighted by Crippen LogP contribution is 2.24. The van der Waals surface area contributed by atoms with Crippen LogP contribution in [0, 0.1) is 7.14 Å². The summed E-state index contributed by atoms with van der Waals surface area (Å²) in [5.74, 6) is -0.258. The molecule has 0 saturated carbocycles. The predicted molar refractivity (Wildman–Crippen MR) is 146 cm³/mol. The van der Waals surface area contributed by atoms with Crippen molar-refractivity contribution in [2.75, 3.05) is 10.6 Å². The maximum atomic E-state index is 12.5. The van der Waals surface area contributed by atoms with Gasteiger partial charge in [0.2, 0.25) is 0 Å². The van der Waals surface area contributed by atoms with Crippen LogP contribution in [0.4, 0.5) is 11.4 Å². The van der Waals surface area contributed by atoms with E-state index >= 15 is 0 Å². The van der Waals surface area contributed by atoms with Crippen molar-refractivity contribution in [2.24, 2.45) is 0 Å². The SMILES string of the molecule is O=C(Nc1ccc(-c2ccc(NC(=O)c3ccccc3I)cc2)cc1)c1ccccc1I. The van der Waals surface area contributed by atoms with Gasteiger partial charge in [-0.2, -0.15) is 0 Å². The molecule has 0 spiro atoms. The number of carbonyl (C=O) groups is 2. The normalized spacial score (nSPS) is 10.4. The second kappa shape index (κ2) is 10.3. The molecule has 0 aromatic heterocycles. The number of rotatable bonds is 5. The van der Waals surface area contributed by atoms with E-state index in [1.165, 1.54) is 0 Å². The van der Waals surface area contributed by atoms with Crippen LogP contribution in [0.5, 0.6) is 0 Å². The minimum atomic E-state index is -0.129. The highest BCUT2D eigenvalue weighted by Gasteiger charge is 2.11. The zero-order valence-electron chi connectivity index (χ0n) is 16.8. The van der Waals surface area contributed by atoms with Gasteiger partial charge in [-0.15, -0.1) is 0 Å². The lowest BCUT2D eigenvalue weighted by Gasteiger charge is -2.10. The average Bonchev–Trinajstić information content (AvgIpc) is 2.80. The van der Waals surface area contributed by atoms with Crippen LogP contribution < -0.4 is 10.6 Å². The van der Waals surface area contributed by atoms with Crippen molar-refractivity contribution in [1.29, 1.82) is 0 Å². The third-order valence-electron chi connectivity index (χ3n) is 4.86. The quantitative estimate of drug-likeness (QED) is 0.229. The molecule has 0 aliphatic heterocycles. The molecule has 0 unspecified atom stereocenters. The van der Waals surface area contributed by atoms with E-state index in [0.29, 0.717) is 11.1 Å². The van der Waals surface area contributed by atoms with Gasteiger partial charge in [0.05, 0.1) is 11.1 Å². The largest absolute Gasteiger partial charge is 0.322 e. The minimum absolute atomic E-state index is 0.129. The molecule has 0 aliphatic rings. The molecule has 0 atom stereocenters. The smallest absolute Gasteiger partial charge is 0.256 e. The van der Waals surface area contributed by atoms with Crippen LogP contribution in [-0.4, -0.2) is 11.8 Å². The molecule has 158 valence electrons.